The number of aromatic nitrogens is 1. The van der Waals surface area contributed by atoms with Gasteiger partial charge in [0.15, 0.2) is 0 Å². The number of anilines is 1. The Morgan fingerprint density at radius 3 is 3.00 bits per heavy atom. The van der Waals surface area contributed by atoms with Crippen molar-refractivity contribution in [2.24, 2.45) is 0 Å². The first-order chi connectivity index (χ1) is 7.13. The van der Waals surface area contributed by atoms with Crippen molar-refractivity contribution >= 4 is 23.1 Å². The summed E-state index contributed by atoms with van der Waals surface area (Å²) < 4.78 is 0. The van der Waals surface area contributed by atoms with E-state index in [0.717, 1.165) is 0 Å². The fourth-order valence-corrected chi connectivity index (χ4v) is 1.11. The first kappa shape index (κ1) is 11.3. The van der Waals surface area contributed by atoms with Crippen molar-refractivity contribution in [2.45, 2.75) is 6.92 Å². The molecular weight excluding hydrogens is 218 g/mol. The van der Waals surface area contributed by atoms with Gasteiger partial charge in [-0.2, -0.15) is 0 Å². The Balaban J connectivity index is 2.87. The minimum Gasteiger partial charge on any atom is -0.359 e. The third-order valence-electron chi connectivity index (χ3n) is 1.52. The normalized spacial score (nSPS) is 8.93. The standard InChI is InChI=1S/C9H8ClN3O2/c1-2-3-4-11-9-6-7(13(14)15)5-8(10)12-9/h5-6H,4H2,1H3,(H,11,12). The maximum Gasteiger partial charge on any atom is 0.276 e. The van der Waals surface area contributed by atoms with Crippen molar-refractivity contribution in [1.29, 1.82) is 0 Å². The lowest BCUT2D eigenvalue weighted by atomic mass is 10.4. The minimum atomic E-state index is -0.524. The SMILES string of the molecule is CC#CCNc1cc([N+](=O)[O-])cc(Cl)n1. The molecule has 0 amide bonds. The smallest absolute Gasteiger partial charge is 0.276 e. The molecule has 6 heteroatoms. The molecule has 0 spiro atoms. The van der Waals surface area contributed by atoms with Gasteiger partial charge in [0.2, 0.25) is 0 Å². The molecule has 5 nitrogen and oxygen atoms in total. The minimum absolute atomic E-state index is 0.0798. The quantitative estimate of drug-likeness (QED) is 0.370. The van der Waals surface area contributed by atoms with Gasteiger partial charge in [-0.05, 0) is 6.92 Å². The van der Waals surface area contributed by atoms with Crippen LogP contribution in [0.25, 0.3) is 0 Å². The molecule has 1 aromatic heterocycles. The second-order valence-electron chi connectivity index (χ2n) is 2.57. The van der Waals surface area contributed by atoms with Crippen LogP contribution in [0.5, 0.6) is 0 Å². The Hall–Kier alpha value is -1.80. The van der Waals surface area contributed by atoms with Crippen molar-refractivity contribution in [3.8, 4) is 11.8 Å². The fourth-order valence-electron chi connectivity index (χ4n) is 0.903. The zero-order chi connectivity index (χ0) is 11.3. The zero-order valence-corrected chi connectivity index (χ0v) is 8.71. The van der Waals surface area contributed by atoms with Crippen LogP contribution in [0.1, 0.15) is 6.92 Å². The highest BCUT2D eigenvalue weighted by Crippen LogP contribution is 2.20. The fraction of sp³-hybridized carbons (Fsp3) is 0.222. The maximum atomic E-state index is 10.5. The van der Waals surface area contributed by atoms with Gasteiger partial charge in [-0.15, -0.1) is 5.92 Å². The summed E-state index contributed by atoms with van der Waals surface area (Å²) in [6, 6.07) is 2.50. The van der Waals surface area contributed by atoms with Crippen LogP contribution in [0.15, 0.2) is 12.1 Å². The molecule has 15 heavy (non-hydrogen) atoms. The highest BCUT2D eigenvalue weighted by molar-refractivity contribution is 6.29. The van der Waals surface area contributed by atoms with Crippen molar-refractivity contribution in [1.82, 2.24) is 4.98 Å². The second kappa shape index (κ2) is 5.17. The van der Waals surface area contributed by atoms with Crippen LogP contribution >= 0.6 is 11.6 Å². The predicted molar refractivity (Wildman–Crippen MR) is 57.8 cm³/mol. The molecule has 0 aromatic carbocycles. The number of nitrogens with one attached hydrogen (secondary N) is 1. The lowest BCUT2D eigenvalue weighted by Crippen LogP contribution is -2.02. The summed E-state index contributed by atoms with van der Waals surface area (Å²) >= 11 is 5.62. The number of rotatable bonds is 3. The van der Waals surface area contributed by atoms with Gasteiger partial charge >= 0.3 is 0 Å². The van der Waals surface area contributed by atoms with E-state index in [9.17, 15) is 10.1 Å². The molecule has 0 aliphatic carbocycles. The van der Waals surface area contributed by atoms with Crippen molar-refractivity contribution in [3.05, 3.63) is 27.4 Å². The molecule has 78 valence electrons. The Labute approximate surface area is 91.6 Å². The molecule has 0 radical (unpaired) electrons. The number of pyridine rings is 1. The topological polar surface area (TPSA) is 68.1 Å². The van der Waals surface area contributed by atoms with Crippen LogP contribution in [0, 0.1) is 22.0 Å². The van der Waals surface area contributed by atoms with E-state index in [-0.39, 0.29) is 10.8 Å². The summed E-state index contributed by atoms with van der Waals surface area (Å²) in [5.74, 6) is 5.78. The van der Waals surface area contributed by atoms with E-state index in [2.05, 4.69) is 22.1 Å². The summed E-state index contributed by atoms with van der Waals surface area (Å²) in [4.78, 5) is 13.8. The van der Waals surface area contributed by atoms with Gasteiger partial charge in [-0.3, -0.25) is 10.1 Å². The maximum absolute atomic E-state index is 10.5. The summed E-state index contributed by atoms with van der Waals surface area (Å²) in [7, 11) is 0. The van der Waals surface area contributed by atoms with E-state index in [4.69, 9.17) is 11.6 Å². The molecule has 0 atom stereocenters. The highest BCUT2D eigenvalue weighted by Gasteiger charge is 2.09. The van der Waals surface area contributed by atoms with Gasteiger partial charge in [0.25, 0.3) is 5.69 Å². The number of hydrogen-bond acceptors (Lipinski definition) is 4. The summed E-state index contributed by atoms with van der Waals surface area (Å²) in [5.41, 5.74) is -0.0954. The van der Waals surface area contributed by atoms with Crippen molar-refractivity contribution in [3.63, 3.8) is 0 Å². The molecule has 0 aliphatic rings. The molecule has 1 rings (SSSR count). The average Bonchev–Trinajstić information content (AvgIpc) is 2.17. The molecular formula is C9H8ClN3O2. The van der Waals surface area contributed by atoms with E-state index < -0.39 is 4.92 Å². The lowest BCUT2D eigenvalue weighted by Gasteiger charge is -2.01. The van der Waals surface area contributed by atoms with Gasteiger partial charge < -0.3 is 5.32 Å². The molecule has 0 fully saturated rings. The van der Waals surface area contributed by atoms with Crippen molar-refractivity contribution < 1.29 is 4.92 Å². The van der Waals surface area contributed by atoms with E-state index >= 15 is 0 Å². The Morgan fingerprint density at radius 2 is 2.40 bits per heavy atom. The lowest BCUT2D eigenvalue weighted by molar-refractivity contribution is -0.384. The van der Waals surface area contributed by atoms with E-state index in [1.54, 1.807) is 6.92 Å². The number of nitro groups is 1. The third kappa shape index (κ3) is 3.44. The van der Waals surface area contributed by atoms with E-state index in [1.165, 1.54) is 12.1 Å². The van der Waals surface area contributed by atoms with Crippen LogP contribution in [0.3, 0.4) is 0 Å². The van der Waals surface area contributed by atoms with Crippen LogP contribution in [-0.4, -0.2) is 16.5 Å². The van der Waals surface area contributed by atoms with Crippen LogP contribution < -0.4 is 5.32 Å². The Morgan fingerprint density at radius 1 is 1.67 bits per heavy atom. The Kier molecular flexibility index (Phi) is 3.89. The summed E-state index contributed by atoms with van der Waals surface area (Å²) in [5, 5.41) is 13.4. The van der Waals surface area contributed by atoms with Gasteiger partial charge in [0.05, 0.1) is 23.6 Å². The molecule has 0 saturated carbocycles. The average molecular weight is 226 g/mol. The number of hydrogen-bond donors (Lipinski definition) is 1. The zero-order valence-electron chi connectivity index (χ0n) is 7.95. The van der Waals surface area contributed by atoms with Crippen LogP contribution in [-0.2, 0) is 0 Å². The second-order valence-corrected chi connectivity index (χ2v) is 2.96. The van der Waals surface area contributed by atoms with E-state index in [0.29, 0.717) is 12.4 Å². The number of halogens is 1. The largest absolute Gasteiger partial charge is 0.359 e. The molecule has 0 aliphatic heterocycles. The summed E-state index contributed by atoms with van der Waals surface area (Å²) in [6.45, 7) is 2.08. The first-order valence-electron chi connectivity index (χ1n) is 4.09. The molecule has 0 saturated heterocycles. The van der Waals surface area contributed by atoms with Gasteiger partial charge in [0, 0.05) is 0 Å². The number of nitrogens with zero attached hydrogens (tertiary/aromatic N) is 2. The van der Waals surface area contributed by atoms with E-state index in [1.807, 2.05) is 0 Å². The molecule has 0 unspecified atom stereocenters. The molecule has 1 heterocycles. The third-order valence-corrected chi connectivity index (χ3v) is 1.72. The molecule has 0 bridgehead atoms. The predicted octanol–water partition coefficient (Wildman–Crippen LogP) is 2.08. The molecule has 1 N–H and O–H groups in total. The van der Waals surface area contributed by atoms with Crippen LogP contribution in [0.4, 0.5) is 11.5 Å². The first-order valence-corrected chi connectivity index (χ1v) is 4.46. The van der Waals surface area contributed by atoms with Crippen LogP contribution in [0.2, 0.25) is 5.15 Å². The highest BCUT2D eigenvalue weighted by atomic mass is 35.5. The van der Waals surface area contributed by atoms with Gasteiger partial charge in [0.1, 0.15) is 11.0 Å². The summed E-state index contributed by atoms with van der Waals surface area (Å²) in [6.07, 6.45) is 0. The van der Waals surface area contributed by atoms with Gasteiger partial charge in [-0.25, -0.2) is 4.98 Å². The van der Waals surface area contributed by atoms with Gasteiger partial charge in [-0.1, -0.05) is 17.5 Å². The monoisotopic (exact) mass is 225 g/mol. The Bertz CT molecular complexity index is 437. The van der Waals surface area contributed by atoms with Crippen molar-refractivity contribution in [2.75, 3.05) is 11.9 Å². The molecule has 1 aromatic rings.